The maximum Gasteiger partial charge on any atom is 0.296 e. The number of halogens is 1. The van der Waals surface area contributed by atoms with Crippen LogP contribution in [0, 0.1) is 5.82 Å². The summed E-state index contributed by atoms with van der Waals surface area (Å²) in [5.74, 6) is -0.420. The molecule has 1 heterocycles. The molecule has 0 atom stereocenters. The lowest BCUT2D eigenvalue weighted by Crippen LogP contribution is -2.21. The second-order valence-electron chi connectivity index (χ2n) is 4.91. The van der Waals surface area contributed by atoms with Crippen LogP contribution in [-0.4, -0.2) is 13.2 Å². The fourth-order valence-electron chi connectivity index (χ4n) is 2.14. The molecule has 9 heteroatoms. The van der Waals surface area contributed by atoms with Gasteiger partial charge in [-0.1, -0.05) is 12.1 Å². The van der Waals surface area contributed by atoms with Crippen LogP contribution in [0.1, 0.15) is 0 Å². The highest BCUT2D eigenvalue weighted by atomic mass is 32.2. The Hall–Kier alpha value is -2.91. The predicted octanol–water partition coefficient (Wildman–Crippen LogP) is 1.85. The molecule has 24 heavy (non-hydrogen) atoms. The van der Waals surface area contributed by atoms with Crippen molar-refractivity contribution in [3.05, 3.63) is 70.8 Å². The van der Waals surface area contributed by atoms with E-state index in [4.69, 9.17) is 9.66 Å². The quantitative estimate of drug-likeness (QED) is 0.749. The van der Waals surface area contributed by atoms with Gasteiger partial charge in [-0.25, -0.2) is 9.53 Å². The van der Waals surface area contributed by atoms with E-state index < -0.39 is 21.6 Å². The van der Waals surface area contributed by atoms with Crippen molar-refractivity contribution in [3.8, 4) is 17.0 Å². The first-order chi connectivity index (χ1) is 11.3. The Morgan fingerprint density at radius 1 is 1.08 bits per heavy atom. The summed E-state index contributed by atoms with van der Waals surface area (Å²) < 4.78 is 44.2. The molecule has 3 N–H and O–H groups in total. The molecule has 0 aliphatic heterocycles. The van der Waals surface area contributed by atoms with Gasteiger partial charge in [0.25, 0.3) is 15.8 Å². The van der Waals surface area contributed by atoms with Gasteiger partial charge in [0.1, 0.15) is 5.82 Å². The first kappa shape index (κ1) is 16.0. The van der Waals surface area contributed by atoms with Gasteiger partial charge >= 0.3 is 0 Å². The number of nitrogens with two attached hydrogens (primary N) is 1. The molecule has 7 nitrogen and oxygen atoms in total. The monoisotopic (exact) mass is 349 g/mol. The topological polar surface area (TPSA) is 107 Å². The molecule has 0 aliphatic carbocycles. The average molecular weight is 349 g/mol. The molecule has 2 aromatic carbocycles. The molecule has 0 spiro atoms. The zero-order valence-electron chi connectivity index (χ0n) is 12.1. The third-order valence-electron chi connectivity index (χ3n) is 3.15. The third-order valence-corrected chi connectivity index (χ3v) is 3.67. The van der Waals surface area contributed by atoms with Gasteiger partial charge in [0, 0.05) is 5.69 Å². The first-order valence-electron chi connectivity index (χ1n) is 6.73. The van der Waals surface area contributed by atoms with Gasteiger partial charge in [0.2, 0.25) is 0 Å². The molecular weight excluding hydrogens is 337 g/mol. The van der Waals surface area contributed by atoms with E-state index in [1.807, 2.05) is 0 Å². The van der Waals surface area contributed by atoms with Gasteiger partial charge in [-0.3, -0.25) is 9.52 Å². The summed E-state index contributed by atoms with van der Waals surface area (Å²) in [6.45, 7) is 0. The number of benzene rings is 2. The number of hydrogen-bond donors (Lipinski definition) is 2. The van der Waals surface area contributed by atoms with Crippen LogP contribution in [0.4, 0.5) is 10.1 Å². The van der Waals surface area contributed by atoms with Gasteiger partial charge in [-0.15, -0.1) is 4.74 Å². The Labute approximate surface area is 136 Å². The molecule has 0 amide bonds. The van der Waals surface area contributed by atoms with Crippen molar-refractivity contribution in [2.45, 2.75) is 0 Å². The van der Waals surface area contributed by atoms with Gasteiger partial charge in [-0.05, 0) is 36.4 Å². The van der Waals surface area contributed by atoms with E-state index in [1.54, 1.807) is 6.07 Å². The average Bonchev–Trinajstić information content (AvgIpc) is 2.89. The number of rotatable bonds is 4. The molecule has 124 valence electrons. The summed E-state index contributed by atoms with van der Waals surface area (Å²) in [5, 5.41) is 4.87. The number of anilines is 1. The number of hydrogen-bond acceptors (Lipinski definition) is 4. The Morgan fingerprint density at radius 3 is 2.38 bits per heavy atom. The summed E-state index contributed by atoms with van der Waals surface area (Å²) >= 11 is 0. The fraction of sp³-hybridized carbons (Fsp3) is 0. The van der Waals surface area contributed by atoms with E-state index in [0.29, 0.717) is 5.69 Å². The number of nitrogens with zero attached hydrogens (tertiary/aromatic N) is 1. The Morgan fingerprint density at radius 2 is 1.75 bits per heavy atom. The van der Waals surface area contributed by atoms with Crippen LogP contribution in [0.25, 0.3) is 17.0 Å². The van der Waals surface area contributed by atoms with Crippen molar-refractivity contribution in [3.63, 3.8) is 0 Å². The molecule has 0 unspecified atom stereocenters. The van der Waals surface area contributed by atoms with Crippen molar-refractivity contribution < 1.29 is 17.3 Å². The number of aromatic nitrogens is 1. The molecule has 3 rings (SSSR count). The minimum atomic E-state index is -3.88. The van der Waals surface area contributed by atoms with Crippen LogP contribution in [0.2, 0.25) is 0 Å². The second-order valence-corrected chi connectivity index (χ2v) is 6.20. The summed E-state index contributed by atoms with van der Waals surface area (Å²) in [4.78, 5) is 12.1. The fourth-order valence-corrected chi connectivity index (χ4v) is 2.60. The van der Waals surface area contributed by atoms with Crippen molar-refractivity contribution in [1.29, 1.82) is 0 Å². The Balaban J connectivity index is 1.96. The second kappa shape index (κ2) is 5.95. The van der Waals surface area contributed by atoms with Crippen molar-refractivity contribution >= 4 is 15.9 Å². The molecule has 0 radical (unpaired) electrons. The molecular formula is C15H12FN3O4S. The van der Waals surface area contributed by atoms with Crippen LogP contribution in [0.15, 0.2) is 63.9 Å². The van der Waals surface area contributed by atoms with Crippen molar-refractivity contribution in [2.75, 3.05) is 4.72 Å². The highest BCUT2D eigenvalue weighted by Crippen LogP contribution is 2.22. The van der Waals surface area contributed by atoms with E-state index in [2.05, 4.69) is 4.72 Å². The van der Waals surface area contributed by atoms with Crippen LogP contribution < -0.4 is 15.4 Å². The molecule has 0 aliphatic rings. The standard InChI is InChI=1S/C15H12FN3O4S/c16-13-4-2-1-3-12(13)14-9-15(20)19(23-14)11-7-5-10(6-8-11)18-24(17,21)22/h1-9,18H,(H2,17,21,22). The zero-order valence-corrected chi connectivity index (χ0v) is 13.0. The third kappa shape index (κ3) is 3.36. The van der Waals surface area contributed by atoms with Gasteiger partial charge in [0.15, 0.2) is 5.76 Å². The van der Waals surface area contributed by atoms with E-state index in [9.17, 15) is 17.6 Å². The minimum absolute atomic E-state index is 0.0878. The van der Waals surface area contributed by atoms with Crippen molar-refractivity contribution in [1.82, 2.24) is 4.74 Å². The minimum Gasteiger partial charge on any atom is -0.371 e. The van der Waals surface area contributed by atoms with Crippen LogP contribution in [0.5, 0.6) is 0 Å². The van der Waals surface area contributed by atoms with Crippen molar-refractivity contribution in [2.24, 2.45) is 5.14 Å². The van der Waals surface area contributed by atoms with Gasteiger partial charge < -0.3 is 4.52 Å². The summed E-state index contributed by atoms with van der Waals surface area (Å²) in [5.41, 5.74) is 0.263. The first-order valence-corrected chi connectivity index (χ1v) is 8.27. The Bertz CT molecular complexity index is 1040. The molecule has 0 saturated heterocycles. The zero-order chi connectivity index (χ0) is 17.3. The normalized spacial score (nSPS) is 11.4. The molecule has 0 bridgehead atoms. The van der Waals surface area contributed by atoms with Crippen LogP contribution >= 0.6 is 0 Å². The maximum atomic E-state index is 13.8. The molecule has 0 saturated carbocycles. The summed E-state index contributed by atoms with van der Waals surface area (Å²) in [7, 11) is -3.88. The largest absolute Gasteiger partial charge is 0.371 e. The lowest BCUT2D eigenvalue weighted by molar-refractivity contribution is 0.348. The molecule has 3 aromatic rings. The van der Waals surface area contributed by atoms with E-state index in [0.717, 1.165) is 4.74 Å². The highest BCUT2D eigenvalue weighted by Gasteiger charge is 2.13. The lowest BCUT2D eigenvalue weighted by atomic mass is 10.1. The summed E-state index contributed by atoms with van der Waals surface area (Å²) in [6, 6.07) is 12.9. The smallest absolute Gasteiger partial charge is 0.296 e. The van der Waals surface area contributed by atoms with E-state index in [-0.39, 0.29) is 17.0 Å². The summed E-state index contributed by atoms with van der Waals surface area (Å²) in [6.07, 6.45) is 0. The maximum absolute atomic E-state index is 13.8. The predicted molar refractivity (Wildman–Crippen MR) is 86.4 cm³/mol. The Kier molecular flexibility index (Phi) is 3.96. The lowest BCUT2D eigenvalue weighted by Gasteiger charge is -2.05. The van der Waals surface area contributed by atoms with E-state index >= 15 is 0 Å². The van der Waals surface area contributed by atoms with Gasteiger partial charge in [0.05, 0.1) is 17.3 Å². The van der Waals surface area contributed by atoms with Crippen LogP contribution in [-0.2, 0) is 10.2 Å². The van der Waals surface area contributed by atoms with E-state index in [1.165, 1.54) is 48.5 Å². The highest BCUT2D eigenvalue weighted by molar-refractivity contribution is 7.90. The molecule has 1 aromatic heterocycles. The van der Waals surface area contributed by atoms with Crippen LogP contribution in [0.3, 0.4) is 0 Å². The molecule has 0 fully saturated rings. The van der Waals surface area contributed by atoms with Gasteiger partial charge in [-0.2, -0.15) is 8.42 Å². The SMILES string of the molecule is NS(=O)(=O)Nc1ccc(-n2oc(-c3ccccc3F)cc2=O)cc1. The number of nitrogens with one attached hydrogen (secondary N) is 1.